The van der Waals surface area contributed by atoms with Crippen molar-refractivity contribution >= 4 is 47.2 Å². The molecular weight excluding hydrogens is 404 g/mol. The van der Waals surface area contributed by atoms with Crippen molar-refractivity contribution in [3.05, 3.63) is 81.6 Å². The van der Waals surface area contributed by atoms with Crippen molar-refractivity contribution in [3.63, 3.8) is 0 Å². The first kappa shape index (κ1) is 19.6. The Hall–Kier alpha value is -2.70. The Balaban J connectivity index is 1.55. The van der Waals surface area contributed by atoms with Gasteiger partial charge in [0, 0.05) is 11.5 Å². The Morgan fingerprint density at radius 3 is 2.17 bits per heavy atom. The van der Waals surface area contributed by atoms with Crippen LogP contribution in [-0.4, -0.2) is 29.9 Å². The zero-order valence-electron chi connectivity index (χ0n) is 15.5. The third-order valence-corrected chi connectivity index (χ3v) is 7.01. The van der Waals surface area contributed by atoms with Gasteiger partial charge in [-0.05, 0) is 35.4 Å². The minimum Gasteiger partial charge on any atom is -0.454 e. The highest BCUT2D eigenvalue weighted by Gasteiger charge is 2.23. The summed E-state index contributed by atoms with van der Waals surface area (Å²) < 4.78 is 11.5. The number of ether oxygens (including phenoxy) is 2. The molecule has 0 N–H and O–H groups in total. The van der Waals surface area contributed by atoms with E-state index in [9.17, 15) is 9.59 Å². The molecule has 4 nitrogen and oxygen atoms in total. The van der Waals surface area contributed by atoms with E-state index in [2.05, 4.69) is 0 Å². The van der Waals surface area contributed by atoms with Gasteiger partial charge in [-0.1, -0.05) is 48.6 Å². The first-order valence-electron chi connectivity index (χ1n) is 9.10. The monoisotopic (exact) mass is 422 g/mol. The lowest BCUT2D eigenvalue weighted by atomic mass is 10.1. The van der Waals surface area contributed by atoms with Crippen molar-refractivity contribution < 1.29 is 19.1 Å². The second kappa shape index (κ2) is 9.20. The van der Waals surface area contributed by atoms with Crippen LogP contribution >= 0.6 is 23.5 Å². The number of carbonyl (C=O) groups excluding carboxylic acids is 2. The minimum atomic E-state index is -0.290. The van der Waals surface area contributed by atoms with Gasteiger partial charge in [0.15, 0.2) is 23.1 Å². The molecule has 2 aliphatic heterocycles. The van der Waals surface area contributed by atoms with Crippen LogP contribution in [0.2, 0.25) is 0 Å². The van der Waals surface area contributed by atoms with Gasteiger partial charge in [-0.2, -0.15) is 0 Å². The Labute approximate surface area is 177 Å². The molecule has 0 bridgehead atoms. The number of hydrogen-bond donors (Lipinski definition) is 0. The summed E-state index contributed by atoms with van der Waals surface area (Å²) in [7, 11) is 0. The minimum absolute atomic E-state index is 0.203. The Bertz CT molecular complexity index is 1010. The lowest BCUT2D eigenvalue weighted by Gasteiger charge is -2.04. The van der Waals surface area contributed by atoms with Crippen molar-refractivity contribution in [2.24, 2.45) is 0 Å². The van der Waals surface area contributed by atoms with Crippen molar-refractivity contribution in [2.75, 3.05) is 18.3 Å². The maximum Gasteiger partial charge on any atom is 0.231 e. The maximum absolute atomic E-state index is 12.9. The second-order valence-electron chi connectivity index (χ2n) is 6.28. The number of benzene rings is 2. The molecule has 29 heavy (non-hydrogen) atoms. The van der Waals surface area contributed by atoms with Gasteiger partial charge in [0.25, 0.3) is 0 Å². The second-order valence-corrected chi connectivity index (χ2v) is 8.75. The first-order valence-corrected chi connectivity index (χ1v) is 11.1. The van der Waals surface area contributed by atoms with Gasteiger partial charge in [0.1, 0.15) is 0 Å². The first-order chi connectivity index (χ1) is 14.2. The fourth-order valence-corrected chi connectivity index (χ4v) is 5.43. The molecule has 2 aliphatic rings. The van der Waals surface area contributed by atoms with E-state index >= 15 is 0 Å². The van der Waals surface area contributed by atoms with E-state index in [1.165, 1.54) is 12.2 Å². The lowest BCUT2D eigenvalue weighted by molar-refractivity contribution is -0.116. The topological polar surface area (TPSA) is 52.6 Å². The van der Waals surface area contributed by atoms with Crippen LogP contribution in [-0.2, 0) is 9.59 Å². The summed E-state index contributed by atoms with van der Waals surface area (Å²) in [5.74, 6) is 2.59. The van der Waals surface area contributed by atoms with Crippen LogP contribution in [0.3, 0.4) is 0 Å². The van der Waals surface area contributed by atoms with Gasteiger partial charge >= 0.3 is 0 Å². The summed E-state index contributed by atoms with van der Waals surface area (Å²) >= 11 is 3.13. The molecule has 146 valence electrons. The fourth-order valence-electron chi connectivity index (χ4n) is 2.87. The Morgan fingerprint density at radius 2 is 1.45 bits per heavy atom. The zero-order valence-corrected chi connectivity index (χ0v) is 17.1. The predicted octanol–water partition coefficient (Wildman–Crippen LogP) is 4.97. The van der Waals surface area contributed by atoms with Crippen LogP contribution in [0.25, 0.3) is 12.2 Å². The molecule has 6 heteroatoms. The molecule has 2 aromatic rings. The van der Waals surface area contributed by atoms with Gasteiger partial charge in [0.2, 0.25) is 6.79 Å². The van der Waals surface area contributed by atoms with E-state index in [0.717, 1.165) is 26.9 Å². The molecule has 0 spiro atoms. The molecule has 1 saturated heterocycles. The summed E-state index contributed by atoms with van der Waals surface area (Å²) in [6.07, 6.45) is 6.36. The van der Waals surface area contributed by atoms with Crippen LogP contribution in [0, 0.1) is 0 Å². The van der Waals surface area contributed by atoms with Crippen molar-refractivity contribution in [1.29, 1.82) is 0 Å². The molecule has 0 aromatic heterocycles. The molecule has 0 aliphatic carbocycles. The molecule has 2 aromatic carbocycles. The SMILES string of the molecule is O=C(/C=C/c1ccccc1)C(C(=O)/C=C/c1ccc2c(c1)OCO2)=C1SCCS1. The summed E-state index contributed by atoms with van der Waals surface area (Å²) in [6, 6.07) is 15.0. The van der Waals surface area contributed by atoms with Gasteiger partial charge in [-0.15, -0.1) is 23.5 Å². The molecule has 0 unspecified atom stereocenters. The van der Waals surface area contributed by atoms with Crippen LogP contribution in [0.15, 0.2) is 70.5 Å². The largest absolute Gasteiger partial charge is 0.454 e. The van der Waals surface area contributed by atoms with Gasteiger partial charge < -0.3 is 9.47 Å². The van der Waals surface area contributed by atoms with E-state index in [0.29, 0.717) is 11.5 Å². The Kier molecular flexibility index (Phi) is 6.22. The van der Waals surface area contributed by atoms with Gasteiger partial charge in [-0.25, -0.2) is 0 Å². The number of ketones is 2. The average Bonchev–Trinajstić information content (AvgIpc) is 3.43. The third-order valence-electron chi connectivity index (χ3n) is 4.30. The lowest BCUT2D eigenvalue weighted by Crippen LogP contribution is -2.10. The summed E-state index contributed by atoms with van der Waals surface area (Å²) in [6.45, 7) is 0.203. The highest BCUT2D eigenvalue weighted by Crippen LogP contribution is 2.39. The average molecular weight is 423 g/mol. The fraction of sp³-hybridized carbons (Fsp3) is 0.130. The summed E-state index contributed by atoms with van der Waals surface area (Å²) in [5.41, 5.74) is 1.97. The van der Waals surface area contributed by atoms with Crippen molar-refractivity contribution in [3.8, 4) is 11.5 Å². The molecule has 2 heterocycles. The molecule has 0 radical (unpaired) electrons. The molecule has 4 rings (SSSR count). The maximum atomic E-state index is 12.9. The molecule has 0 atom stereocenters. The zero-order chi connectivity index (χ0) is 20.1. The van der Waals surface area contributed by atoms with Crippen LogP contribution in [0.5, 0.6) is 11.5 Å². The number of allylic oxidation sites excluding steroid dienone is 3. The van der Waals surface area contributed by atoms with E-state index in [4.69, 9.17) is 9.47 Å². The number of rotatable bonds is 6. The highest BCUT2D eigenvalue weighted by atomic mass is 32.2. The predicted molar refractivity (Wildman–Crippen MR) is 119 cm³/mol. The standard InChI is InChI=1S/C23H18O4S2/c24-18(9-6-16-4-2-1-3-5-16)22(23-28-12-13-29-23)19(25)10-7-17-8-11-20-21(14-17)27-15-26-20/h1-11,14H,12-13,15H2/b9-6+,10-7+. The van der Waals surface area contributed by atoms with Crippen LogP contribution < -0.4 is 9.47 Å². The van der Waals surface area contributed by atoms with E-state index < -0.39 is 0 Å². The number of fused-ring (bicyclic) bond motifs is 1. The third kappa shape index (κ3) is 4.83. The van der Waals surface area contributed by atoms with E-state index in [1.54, 1.807) is 35.7 Å². The summed E-state index contributed by atoms with van der Waals surface area (Å²) in [4.78, 5) is 25.8. The quantitative estimate of drug-likeness (QED) is 0.372. The Morgan fingerprint density at radius 1 is 0.793 bits per heavy atom. The van der Waals surface area contributed by atoms with E-state index in [-0.39, 0.29) is 23.9 Å². The normalized spacial score (nSPS) is 15.4. The smallest absolute Gasteiger partial charge is 0.231 e. The number of carbonyl (C=O) groups is 2. The van der Waals surface area contributed by atoms with Crippen molar-refractivity contribution in [2.45, 2.75) is 0 Å². The molecule has 1 fully saturated rings. The molecule has 0 saturated carbocycles. The molecule has 0 amide bonds. The van der Waals surface area contributed by atoms with Crippen LogP contribution in [0.1, 0.15) is 11.1 Å². The van der Waals surface area contributed by atoms with Gasteiger partial charge in [-0.3, -0.25) is 9.59 Å². The van der Waals surface area contributed by atoms with E-state index in [1.807, 2.05) is 48.5 Å². The number of thioether (sulfide) groups is 2. The van der Waals surface area contributed by atoms with Crippen LogP contribution in [0.4, 0.5) is 0 Å². The molecular formula is C23H18O4S2. The number of hydrogen-bond acceptors (Lipinski definition) is 6. The van der Waals surface area contributed by atoms with Gasteiger partial charge in [0.05, 0.1) is 9.81 Å². The van der Waals surface area contributed by atoms with Crippen molar-refractivity contribution in [1.82, 2.24) is 0 Å². The summed E-state index contributed by atoms with van der Waals surface area (Å²) in [5, 5.41) is 0. The highest BCUT2D eigenvalue weighted by molar-refractivity contribution is 8.25.